The molecule has 16 heavy (non-hydrogen) atoms. The van der Waals surface area contributed by atoms with E-state index in [-0.39, 0.29) is 75.6 Å². The average molecular weight is 266 g/mol. The number of hydrogen-bond donors (Lipinski definition) is 0. The topological polar surface area (TPSA) is 74.9 Å². The van der Waals surface area contributed by atoms with Crippen molar-refractivity contribution in [3.05, 3.63) is 30.3 Å². The van der Waals surface area contributed by atoms with Crippen molar-refractivity contribution in [3.8, 4) is 0 Å². The van der Waals surface area contributed by atoms with Gasteiger partial charge in [-0.3, -0.25) is 4.18 Å². The maximum atomic E-state index is 11.4. The predicted octanol–water partition coefficient (Wildman–Crippen LogP) is -0.321. The summed E-state index contributed by atoms with van der Waals surface area (Å²) in [4.78, 5) is 0.198. The molecule has 0 aliphatic rings. The van der Waals surface area contributed by atoms with Gasteiger partial charge in [0.25, 0.3) is 10.1 Å². The Morgan fingerprint density at radius 3 is 1.88 bits per heavy atom. The van der Waals surface area contributed by atoms with Gasteiger partial charge < -0.3 is 5.48 Å². The molecule has 1 aromatic carbocycles. The third kappa shape index (κ3) is 7.42. The van der Waals surface area contributed by atoms with Crippen molar-refractivity contribution in [3.63, 3.8) is 0 Å². The van der Waals surface area contributed by atoms with E-state index < -0.39 is 10.1 Å². The van der Waals surface area contributed by atoms with Gasteiger partial charge in [0.2, 0.25) is 0 Å². The van der Waals surface area contributed by atoms with Crippen LogP contribution in [0.4, 0.5) is 0 Å². The Kier molecular flexibility index (Phi) is 14.0. The number of benzene rings is 1. The number of rotatable bonds is 3. The third-order valence-corrected chi connectivity index (χ3v) is 2.84. The number of hydrogen-bond acceptors (Lipinski definition) is 3. The summed E-state index contributed by atoms with van der Waals surface area (Å²) < 4.78 is 27.6. The monoisotopic (exact) mass is 266 g/mol. The molecule has 0 atom stereocenters. The van der Waals surface area contributed by atoms with E-state index in [0.717, 1.165) is 0 Å². The van der Waals surface area contributed by atoms with Crippen LogP contribution in [0.3, 0.4) is 0 Å². The Hall–Kier alpha value is 1.09. The second-order valence-corrected chi connectivity index (χ2v) is 4.48. The fourth-order valence-corrected chi connectivity index (χ4v) is 2.00. The van der Waals surface area contributed by atoms with E-state index in [1.165, 1.54) is 12.1 Å². The van der Waals surface area contributed by atoms with Crippen LogP contribution in [-0.2, 0) is 14.3 Å². The molecule has 0 unspecified atom stereocenters. The van der Waals surface area contributed by atoms with Gasteiger partial charge in [-0.2, -0.15) is 8.42 Å². The van der Waals surface area contributed by atoms with Crippen LogP contribution in [0.5, 0.6) is 0 Å². The molecule has 0 radical (unpaired) electrons. The van der Waals surface area contributed by atoms with Crippen LogP contribution in [0.25, 0.3) is 0 Å². The second-order valence-electron chi connectivity index (χ2n) is 2.91. The SMILES string of the molecule is CC(C)OS(=O)(=O)c1ccccc1.O.[NaH].[NaH]. The van der Waals surface area contributed by atoms with Crippen LogP contribution in [0.1, 0.15) is 13.8 Å². The summed E-state index contributed by atoms with van der Waals surface area (Å²) in [6.07, 6.45) is -0.329. The molecular formula is C9H16Na2O4S. The third-order valence-electron chi connectivity index (χ3n) is 1.35. The Bertz CT molecular complexity index is 364. The van der Waals surface area contributed by atoms with Crippen molar-refractivity contribution < 1.29 is 18.1 Å². The zero-order valence-corrected chi connectivity index (χ0v) is 8.91. The van der Waals surface area contributed by atoms with Gasteiger partial charge in [0.15, 0.2) is 0 Å². The fraction of sp³-hybridized carbons (Fsp3) is 0.333. The summed E-state index contributed by atoms with van der Waals surface area (Å²) in [5.41, 5.74) is 0. The molecule has 0 aliphatic carbocycles. The van der Waals surface area contributed by atoms with Gasteiger partial charge in [-0.05, 0) is 26.0 Å². The molecule has 84 valence electrons. The van der Waals surface area contributed by atoms with Gasteiger partial charge in [0.1, 0.15) is 0 Å². The molecule has 0 saturated heterocycles. The predicted molar refractivity (Wildman–Crippen MR) is 67.8 cm³/mol. The molecule has 1 aromatic rings. The van der Waals surface area contributed by atoms with Crippen LogP contribution in [0.2, 0.25) is 0 Å². The summed E-state index contributed by atoms with van der Waals surface area (Å²) in [6.45, 7) is 3.36. The van der Waals surface area contributed by atoms with E-state index in [2.05, 4.69) is 0 Å². The Balaban J connectivity index is -0.000000563. The van der Waals surface area contributed by atoms with Crippen molar-refractivity contribution >= 4 is 69.2 Å². The molecule has 1 rings (SSSR count). The molecule has 2 N–H and O–H groups in total. The second kappa shape index (κ2) is 10.1. The summed E-state index contributed by atoms with van der Waals surface area (Å²) in [5.74, 6) is 0. The normalized spacial score (nSPS) is 9.69. The van der Waals surface area contributed by atoms with Gasteiger partial charge in [0.05, 0.1) is 11.0 Å². The molecular weight excluding hydrogens is 250 g/mol. The quantitative estimate of drug-likeness (QED) is 0.556. The maximum absolute atomic E-state index is 11.4. The standard InChI is InChI=1S/C9H12O3S.2Na.H2O.2H/c1-8(2)12-13(10,11)9-6-4-3-5-7-9;;;;;/h3-8H,1-2H3;;;1H2;;. The zero-order chi connectivity index (χ0) is 9.90. The summed E-state index contributed by atoms with van der Waals surface area (Å²) in [7, 11) is -3.56. The van der Waals surface area contributed by atoms with Crippen LogP contribution >= 0.6 is 0 Å². The van der Waals surface area contributed by atoms with Gasteiger partial charge in [-0.15, -0.1) is 0 Å². The van der Waals surface area contributed by atoms with Crippen molar-refractivity contribution in [1.82, 2.24) is 0 Å². The molecule has 0 fully saturated rings. The van der Waals surface area contributed by atoms with Gasteiger partial charge in [0, 0.05) is 0 Å². The van der Waals surface area contributed by atoms with E-state index in [4.69, 9.17) is 4.18 Å². The first kappa shape index (κ1) is 22.3. The van der Waals surface area contributed by atoms with Crippen LogP contribution in [0, 0.1) is 0 Å². The van der Waals surface area contributed by atoms with E-state index in [0.29, 0.717) is 0 Å². The molecule has 4 nitrogen and oxygen atoms in total. The van der Waals surface area contributed by atoms with E-state index in [1.54, 1.807) is 32.0 Å². The molecule has 0 aliphatic heterocycles. The van der Waals surface area contributed by atoms with Crippen molar-refractivity contribution in [2.45, 2.75) is 24.8 Å². The van der Waals surface area contributed by atoms with Gasteiger partial charge >= 0.3 is 59.1 Å². The Morgan fingerprint density at radius 2 is 1.50 bits per heavy atom. The summed E-state index contributed by atoms with van der Waals surface area (Å²) in [5, 5.41) is 0. The molecule has 0 saturated carbocycles. The molecule has 0 aromatic heterocycles. The molecule has 0 bridgehead atoms. The first-order chi connectivity index (χ1) is 6.02. The molecule has 7 heteroatoms. The van der Waals surface area contributed by atoms with Crippen LogP contribution in [-0.4, -0.2) is 79.1 Å². The minimum atomic E-state index is -3.56. The summed E-state index contributed by atoms with van der Waals surface area (Å²) >= 11 is 0. The summed E-state index contributed by atoms with van der Waals surface area (Å²) in [6, 6.07) is 8.11. The Labute approximate surface area is 141 Å². The van der Waals surface area contributed by atoms with Gasteiger partial charge in [-0.1, -0.05) is 18.2 Å². The molecule has 0 amide bonds. The molecule has 0 heterocycles. The first-order valence-electron chi connectivity index (χ1n) is 4.01. The minimum absolute atomic E-state index is 0. The Morgan fingerprint density at radius 1 is 1.06 bits per heavy atom. The van der Waals surface area contributed by atoms with Gasteiger partial charge in [-0.25, -0.2) is 0 Å². The van der Waals surface area contributed by atoms with Crippen molar-refractivity contribution in [1.29, 1.82) is 0 Å². The van der Waals surface area contributed by atoms with Crippen molar-refractivity contribution in [2.75, 3.05) is 0 Å². The van der Waals surface area contributed by atoms with Crippen molar-refractivity contribution in [2.24, 2.45) is 0 Å². The zero-order valence-electron chi connectivity index (χ0n) is 8.10. The van der Waals surface area contributed by atoms with E-state index >= 15 is 0 Å². The van der Waals surface area contributed by atoms with Crippen LogP contribution in [0.15, 0.2) is 35.2 Å². The molecule has 0 spiro atoms. The first-order valence-corrected chi connectivity index (χ1v) is 5.41. The van der Waals surface area contributed by atoms with Crippen LogP contribution < -0.4 is 0 Å². The van der Waals surface area contributed by atoms with E-state index in [9.17, 15) is 8.42 Å². The fourth-order valence-electron chi connectivity index (χ4n) is 0.896. The average Bonchev–Trinajstić information content (AvgIpc) is 2.04. The van der Waals surface area contributed by atoms with E-state index in [1.807, 2.05) is 0 Å².